The van der Waals surface area contributed by atoms with Crippen LogP contribution in [0.2, 0.25) is 0 Å². The van der Waals surface area contributed by atoms with Crippen molar-refractivity contribution in [2.45, 2.75) is 56.9 Å². The van der Waals surface area contributed by atoms with Crippen molar-refractivity contribution >= 4 is 0 Å². The summed E-state index contributed by atoms with van der Waals surface area (Å²) in [5.74, 6) is 1.45. The molecule has 3 heterocycles. The molecule has 4 fully saturated rings. The fourth-order valence-corrected chi connectivity index (χ4v) is 5.55. The molecule has 27 heavy (non-hydrogen) atoms. The van der Waals surface area contributed by atoms with E-state index in [9.17, 15) is 9.65 Å². The quantitative estimate of drug-likeness (QED) is 0.680. The third-order valence-electron chi connectivity index (χ3n) is 7.25. The van der Waals surface area contributed by atoms with E-state index in [1.807, 2.05) is 0 Å². The monoisotopic (exact) mass is 378 g/mol. The Labute approximate surface area is 162 Å². The Morgan fingerprint density at radius 3 is 2.56 bits per heavy atom. The lowest BCUT2D eigenvalue weighted by Crippen LogP contribution is -2.57. The third-order valence-corrected chi connectivity index (χ3v) is 7.25. The van der Waals surface area contributed by atoms with E-state index in [1.165, 1.54) is 0 Å². The van der Waals surface area contributed by atoms with Gasteiger partial charge >= 0.3 is 0 Å². The highest BCUT2D eigenvalue weighted by molar-refractivity contribution is 4.94. The van der Waals surface area contributed by atoms with Crippen molar-refractivity contribution < 1.29 is 4.39 Å². The molecule has 7 heteroatoms. The van der Waals surface area contributed by atoms with Crippen molar-refractivity contribution in [2.24, 2.45) is 17.8 Å². The van der Waals surface area contributed by atoms with E-state index in [4.69, 9.17) is 0 Å². The lowest BCUT2D eigenvalue weighted by Gasteiger charge is -2.43. The average Bonchev–Trinajstić information content (AvgIpc) is 3.17. The Hall–Kier alpha value is -0.780. The standard InChI is InChI=1S/C20H35FN6/c21-18-3-1-16(2-4-18)20-17(13-24-25-20)14-26-7-9-27(10-8-26)19-11-15(12-22)5-6-23-19/h15-20,23-25H,1-11,13-14H2. The van der Waals surface area contributed by atoms with Crippen molar-refractivity contribution in [3.8, 4) is 6.07 Å². The second-order valence-electron chi connectivity index (χ2n) is 8.98. The SMILES string of the molecule is N#CC1CCNC(N2CCN(CC3CNNC3C3CCC(F)CC3)CC2)C1. The molecule has 3 saturated heterocycles. The largest absolute Gasteiger partial charge is 0.302 e. The van der Waals surface area contributed by atoms with Crippen LogP contribution in [0.15, 0.2) is 0 Å². The van der Waals surface area contributed by atoms with Crippen LogP contribution in [0, 0.1) is 29.1 Å². The van der Waals surface area contributed by atoms with Gasteiger partial charge in [0.1, 0.15) is 6.17 Å². The first-order valence-corrected chi connectivity index (χ1v) is 10.9. The Balaban J connectivity index is 1.23. The fourth-order valence-electron chi connectivity index (χ4n) is 5.55. The highest BCUT2D eigenvalue weighted by Crippen LogP contribution is 2.32. The van der Waals surface area contributed by atoms with Gasteiger partial charge in [0.05, 0.1) is 18.2 Å². The van der Waals surface area contributed by atoms with Gasteiger partial charge in [-0.25, -0.2) is 4.39 Å². The molecular weight excluding hydrogens is 343 g/mol. The maximum atomic E-state index is 13.5. The van der Waals surface area contributed by atoms with Crippen LogP contribution in [0.5, 0.6) is 0 Å². The second kappa shape index (κ2) is 9.15. The number of piperazine rings is 1. The van der Waals surface area contributed by atoms with Crippen LogP contribution in [0.25, 0.3) is 0 Å². The third kappa shape index (κ3) is 4.80. The number of nitriles is 1. The molecule has 0 spiro atoms. The molecule has 4 unspecified atom stereocenters. The second-order valence-corrected chi connectivity index (χ2v) is 8.98. The number of nitrogens with zero attached hydrogens (tertiary/aromatic N) is 3. The predicted octanol–water partition coefficient (Wildman–Crippen LogP) is 1.07. The smallest absolute Gasteiger partial charge is 0.100 e. The van der Waals surface area contributed by atoms with Gasteiger partial charge < -0.3 is 10.2 Å². The zero-order valence-electron chi connectivity index (χ0n) is 16.4. The molecule has 0 radical (unpaired) electrons. The first-order valence-electron chi connectivity index (χ1n) is 10.9. The number of rotatable bonds is 4. The Morgan fingerprint density at radius 2 is 1.81 bits per heavy atom. The molecule has 0 aromatic rings. The molecule has 1 saturated carbocycles. The molecule has 0 amide bonds. The van der Waals surface area contributed by atoms with Crippen LogP contribution in [0.3, 0.4) is 0 Å². The van der Waals surface area contributed by atoms with Gasteiger partial charge in [-0.15, -0.1) is 0 Å². The van der Waals surface area contributed by atoms with Gasteiger partial charge in [0, 0.05) is 51.2 Å². The summed E-state index contributed by atoms with van der Waals surface area (Å²) >= 11 is 0. The van der Waals surface area contributed by atoms with Crippen LogP contribution in [-0.4, -0.2) is 74.0 Å². The first-order chi connectivity index (χ1) is 13.2. The van der Waals surface area contributed by atoms with Crippen LogP contribution in [0.1, 0.15) is 38.5 Å². The summed E-state index contributed by atoms with van der Waals surface area (Å²) in [5.41, 5.74) is 6.87. The molecule has 4 rings (SSSR count). The predicted molar refractivity (Wildman–Crippen MR) is 103 cm³/mol. The molecule has 0 aromatic heterocycles. The molecule has 152 valence electrons. The average molecular weight is 379 g/mol. The molecule has 3 aliphatic heterocycles. The number of hydrogen-bond acceptors (Lipinski definition) is 6. The number of nitrogens with one attached hydrogen (secondary N) is 3. The zero-order chi connectivity index (χ0) is 18.6. The highest BCUT2D eigenvalue weighted by Gasteiger charge is 2.37. The minimum absolute atomic E-state index is 0.213. The molecule has 0 aromatic carbocycles. The molecule has 4 aliphatic rings. The molecule has 3 N–H and O–H groups in total. The van der Waals surface area contributed by atoms with Crippen molar-refractivity contribution in [2.75, 3.05) is 45.8 Å². The van der Waals surface area contributed by atoms with Crippen molar-refractivity contribution in [3.63, 3.8) is 0 Å². The molecular formula is C20H35FN6. The van der Waals surface area contributed by atoms with Crippen LogP contribution in [0.4, 0.5) is 4.39 Å². The van der Waals surface area contributed by atoms with Crippen molar-refractivity contribution in [1.29, 1.82) is 5.26 Å². The van der Waals surface area contributed by atoms with Gasteiger partial charge in [-0.3, -0.25) is 15.8 Å². The van der Waals surface area contributed by atoms with Crippen LogP contribution >= 0.6 is 0 Å². The minimum atomic E-state index is -0.573. The van der Waals surface area contributed by atoms with Gasteiger partial charge in [0.2, 0.25) is 0 Å². The van der Waals surface area contributed by atoms with Crippen molar-refractivity contribution in [1.82, 2.24) is 26.0 Å². The maximum absolute atomic E-state index is 13.5. The number of halogens is 1. The zero-order valence-corrected chi connectivity index (χ0v) is 16.4. The number of hydrogen-bond donors (Lipinski definition) is 3. The van der Waals surface area contributed by atoms with E-state index >= 15 is 0 Å². The van der Waals surface area contributed by atoms with E-state index in [0.717, 1.165) is 84.3 Å². The van der Waals surface area contributed by atoms with E-state index in [2.05, 4.69) is 32.0 Å². The van der Waals surface area contributed by atoms with Gasteiger partial charge in [0.25, 0.3) is 0 Å². The molecule has 4 atom stereocenters. The normalized spacial score (nSPS) is 42.1. The van der Waals surface area contributed by atoms with Crippen LogP contribution < -0.4 is 16.2 Å². The molecule has 0 bridgehead atoms. The number of hydrazine groups is 1. The lowest BCUT2D eigenvalue weighted by molar-refractivity contribution is 0.0522. The Kier molecular flexibility index (Phi) is 6.62. The molecule has 1 aliphatic carbocycles. The minimum Gasteiger partial charge on any atom is -0.302 e. The first kappa shape index (κ1) is 19.5. The van der Waals surface area contributed by atoms with Gasteiger partial charge in [-0.2, -0.15) is 5.26 Å². The maximum Gasteiger partial charge on any atom is 0.100 e. The summed E-state index contributed by atoms with van der Waals surface area (Å²) in [7, 11) is 0. The number of alkyl halides is 1. The summed E-state index contributed by atoms with van der Waals surface area (Å²) in [4.78, 5) is 5.14. The van der Waals surface area contributed by atoms with Crippen LogP contribution in [-0.2, 0) is 0 Å². The van der Waals surface area contributed by atoms with E-state index in [-0.39, 0.29) is 5.92 Å². The Bertz CT molecular complexity index is 509. The summed E-state index contributed by atoms with van der Waals surface area (Å²) in [6.07, 6.45) is 5.29. The van der Waals surface area contributed by atoms with E-state index in [0.29, 0.717) is 24.0 Å². The molecule has 6 nitrogen and oxygen atoms in total. The van der Waals surface area contributed by atoms with Gasteiger partial charge in [0.15, 0.2) is 0 Å². The van der Waals surface area contributed by atoms with E-state index < -0.39 is 6.17 Å². The lowest BCUT2D eigenvalue weighted by atomic mass is 9.79. The van der Waals surface area contributed by atoms with Gasteiger partial charge in [-0.05, 0) is 51.0 Å². The summed E-state index contributed by atoms with van der Waals surface area (Å²) in [5, 5.41) is 12.8. The Morgan fingerprint density at radius 1 is 1.04 bits per heavy atom. The summed E-state index contributed by atoms with van der Waals surface area (Å²) < 4.78 is 13.5. The highest BCUT2D eigenvalue weighted by atomic mass is 19.1. The van der Waals surface area contributed by atoms with Gasteiger partial charge in [-0.1, -0.05) is 0 Å². The summed E-state index contributed by atoms with van der Waals surface area (Å²) in [6.45, 7) is 7.50. The number of piperidine rings is 1. The summed E-state index contributed by atoms with van der Waals surface area (Å²) in [6, 6.07) is 2.95. The van der Waals surface area contributed by atoms with E-state index in [1.54, 1.807) is 0 Å². The topological polar surface area (TPSA) is 66.4 Å². The van der Waals surface area contributed by atoms with Crippen molar-refractivity contribution in [3.05, 3.63) is 0 Å². The fraction of sp³-hybridized carbons (Fsp3) is 0.950.